The van der Waals surface area contributed by atoms with E-state index in [1.165, 1.54) is 0 Å². The van der Waals surface area contributed by atoms with Crippen molar-refractivity contribution in [1.82, 2.24) is 24.3 Å². The molecule has 0 saturated heterocycles. The molecule has 0 bridgehead atoms. The molecule has 0 spiro atoms. The van der Waals surface area contributed by atoms with E-state index in [2.05, 4.69) is 46.3 Å². The van der Waals surface area contributed by atoms with E-state index in [0.29, 0.717) is 17.5 Å². The van der Waals surface area contributed by atoms with Gasteiger partial charge < -0.3 is 14.2 Å². The highest BCUT2D eigenvalue weighted by atomic mass is 79.9. The number of halogens is 1. The molecule has 9 heteroatoms. The number of aromatic nitrogens is 5. The molecule has 4 aromatic carbocycles. The molecule has 3 heterocycles. The van der Waals surface area contributed by atoms with Gasteiger partial charge in [0.15, 0.2) is 17.5 Å². The van der Waals surface area contributed by atoms with Crippen LogP contribution in [0.3, 0.4) is 0 Å². The number of hydrogen-bond donors (Lipinski definition) is 1. The number of fused-ring (bicyclic) bond motifs is 1. The summed E-state index contributed by atoms with van der Waals surface area (Å²) in [6.45, 7) is 7.19. The zero-order chi connectivity index (χ0) is 34.2. The van der Waals surface area contributed by atoms with Gasteiger partial charge in [-0.15, -0.1) is 0 Å². The van der Waals surface area contributed by atoms with Crippen LogP contribution < -0.4 is 5.46 Å². The van der Waals surface area contributed by atoms with Crippen LogP contribution in [0.2, 0.25) is 0 Å². The van der Waals surface area contributed by atoms with Crippen LogP contribution in [0.15, 0.2) is 132 Å². The van der Waals surface area contributed by atoms with Crippen molar-refractivity contribution in [1.29, 1.82) is 0 Å². The quantitative estimate of drug-likeness (QED) is 0.152. The Kier molecular flexibility index (Phi) is 8.75. The molecule has 7 aromatic rings. The number of pyridine rings is 1. The van der Waals surface area contributed by atoms with Crippen molar-refractivity contribution < 1.29 is 9.76 Å². The molecule has 0 saturated carbocycles. The Balaban J connectivity index is 1.22. The molecule has 0 aliphatic carbocycles. The van der Waals surface area contributed by atoms with Crippen molar-refractivity contribution in [2.75, 3.05) is 0 Å². The highest BCUT2D eigenvalue weighted by molar-refractivity contribution is 9.10. The summed E-state index contributed by atoms with van der Waals surface area (Å²) >= 11 is 3.76. The van der Waals surface area contributed by atoms with Crippen LogP contribution in [0.4, 0.5) is 0 Å². The van der Waals surface area contributed by atoms with Crippen molar-refractivity contribution in [2.45, 2.75) is 38.9 Å². The van der Waals surface area contributed by atoms with Crippen molar-refractivity contribution >= 4 is 34.5 Å². The van der Waals surface area contributed by atoms with E-state index in [9.17, 15) is 5.11 Å². The molecule has 1 N–H and O–H groups in total. The van der Waals surface area contributed by atoms with E-state index in [0.717, 1.165) is 54.7 Å². The maximum atomic E-state index is 10.5. The molecular formula is C40H34BBrN5O2. The molecule has 7 nitrogen and oxygen atoms in total. The first-order valence-electron chi connectivity index (χ1n) is 16.0. The van der Waals surface area contributed by atoms with E-state index >= 15 is 0 Å². The van der Waals surface area contributed by atoms with Crippen LogP contribution >= 0.6 is 15.9 Å². The van der Waals surface area contributed by atoms with Gasteiger partial charge in [-0.2, -0.15) is 0 Å². The average molecular weight is 707 g/mol. The van der Waals surface area contributed by atoms with Crippen LogP contribution in [0.1, 0.15) is 27.7 Å². The monoisotopic (exact) mass is 706 g/mol. The van der Waals surface area contributed by atoms with Gasteiger partial charge in [0.1, 0.15) is 5.65 Å². The number of aliphatic hydroxyl groups is 1. The predicted octanol–water partition coefficient (Wildman–Crippen LogP) is 8.43. The lowest BCUT2D eigenvalue weighted by Crippen LogP contribution is -2.49. The summed E-state index contributed by atoms with van der Waals surface area (Å²) in [6, 6.07) is 38.3. The lowest BCUT2D eigenvalue weighted by molar-refractivity contribution is -0.0893. The second-order valence-electron chi connectivity index (χ2n) is 13.0. The van der Waals surface area contributed by atoms with Gasteiger partial charge in [-0.25, -0.2) is 19.9 Å². The molecule has 49 heavy (non-hydrogen) atoms. The standard InChI is InChI=1S/C40H34BBrN5O2/c1-39(2,48)40(3,4)49-41-31-14-10-13-30(23-31)38-45-36(27-11-6-5-7-12-27)44-37(46-38)28-18-16-26(17-19-28)32-24-29(20-21-33(32)42)34-25-47-22-9-8-15-35(47)43-34/h5-25,48H,1-4H3. The van der Waals surface area contributed by atoms with E-state index in [4.69, 9.17) is 24.6 Å². The molecule has 0 aliphatic rings. The third-order valence-electron chi connectivity index (χ3n) is 8.86. The lowest BCUT2D eigenvalue weighted by atomic mass is 9.82. The fourth-order valence-electron chi connectivity index (χ4n) is 5.24. The fraction of sp³-hybridized carbons (Fsp3) is 0.150. The van der Waals surface area contributed by atoms with E-state index < -0.39 is 11.2 Å². The Bertz CT molecular complexity index is 2230. The predicted molar refractivity (Wildman–Crippen MR) is 200 cm³/mol. The molecule has 0 atom stereocenters. The van der Waals surface area contributed by atoms with Crippen molar-refractivity contribution in [3.05, 3.63) is 132 Å². The van der Waals surface area contributed by atoms with Crippen molar-refractivity contribution in [2.24, 2.45) is 0 Å². The second kappa shape index (κ2) is 13.2. The summed E-state index contributed by atoms with van der Waals surface area (Å²) in [5.41, 5.74) is 6.57. The maximum absolute atomic E-state index is 10.5. The highest BCUT2D eigenvalue weighted by Gasteiger charge is 2.35. The lowest BCUT2D eigenvalue weighted by Gasteiger charge is -2.37. The van der Waals surface area contributed by atoms with Gasteiger partial charge in [0, 0.05) is 39.1 Å². The Morgan fingerprint density at radius 3 is 1.94 bits per heavy atom. The van der Waals surface area contributed by atoms with Crippen LogP contribution in [0, 0.1) is 0 Å². The number of hydrogen-bond acceptors (Lipinski definition) is 6. The Labute approximate surface area is 295 Å². The normalized spacial score (nSPS) is 12.0. The van der Waals surface area contributed by atoms with Gasteiger partial charge in [-0.1, -0.05) is 112 Å². The third-order valence-corrected chi connectivity index (χ3v) is 9.55. The van der Waals surface area contributed by atoms with Gasteiger partial charge >= 0.3 is 7.48 Å². The van der Waals surface area contributed by atoms with E-state index in [-0.39, 0.29) is 0 Å². The third kappa shape index (κ3) is 6.96. The summed E-state index contributed by atoms with van der Waals surface area (Å²) in [6.07, 6.45) is 4.05. The minimum absolute atomic E-state index is 0.549. The van der Waals surface area contributed by atoms with Gasteiger partial charge in [0.25, 0.3) is 0 Å². The first-order chi connectivity index (χ1) is 23.5. The molecule has 3 aromatic heterocycles. The van der Waals surface area contributed by atoms with Crippen LogP contribution in [0.5, 0.6) is 0 Å². The molecule has 1 radical (unpaired) electrons. The minimum atomic E-state index is -1.03. The number of benzene rings is 4. The smallest absolute Gasteiger partial charge is 0.330 e. The molecular weight excluding hydrogens is 673 g/mol. The Morgan fingerprint density at radius 1 is 0.633 bits per heavy atom. The van der Waals surface area contributed by atoms with E-state index in [1.54, 1.807) is 21.3 Å². The molecule has 0 aliphatic heterocycles. The molecule has 0 fully saturated rings. The summed E-state index contributed by atoms with van der Waals surface area (Å²) in [7, 11) is 1.67. The Hall–Kier alpha value is -4.96. The average Bonchev–Trinajstić information content (AvgIpc) is 3.56. The zero-order valence-corrected chi connectivity index (χ0v) is 29.3. The summed E-state index contributed by atoms with van der Waals surface area (Å²) < 4.78 is 9.04. The first-order valence-corrected chi connectivity index (χ1v) is 16.8. The summed E-state index contributed by atoms with van der Waals surface area (Å²) in [4.78, 5) is 19.6. The Morgan fingerprint density at radius 2 is 1.24 bits per heavy atom. The zero-order valence-electron chi connectivity index (χ0n) is 27.7. The van der Waals surface area contributed by atoms with Crippen LogP contribution in [-0.2, 0) is 4.65 Å². The van der Waals surface area contributed by atoms with Crippen molar-refractivity contribution in [3.63, 3.8) is 0 Å². The SMILES string of the molecule is CC(C)(O)C(C)(C)O[B]c1cccc(-c2nc(-c3ccccc3)nc(-c3ccc(-c4cc(-c5cn6ccccc6n5)ccc4Br)cc3)n2)c1. The van der Waals surface area contributed by atoms with Crippen molar-refractivity contribution in [3.8, 4) is 56.5 Å². The molecule has 7 rings (SSSR count). The highest BCUT2D eigenvalue weighted by Crippen LogP contribution is 2.34. The topological polar surface area (TPSA) is 85.4 Å². The largest absolute Gasteiger partial charge is 0.427 e. The second-order valence-corrected chi connectivity index (χ2v) is 13.8. The minimum Gasteiger partial charge on any atom is -0.427 e. The van der Waals surface area contributed by atoms with Crippen LogP contribution in [0.25, 0.3) is 62.2 Å². The first kappa shape index (κ1) is 32.6. The number of imidazole rings is 1. The molecule has 0 unspecified atom stereocenters. The van der Waals surface area contributed by atoms with Gasteiger partial charge in [-0.05, 0) is 63.1 Å². The summed E-state index contributed by atoms with van der Waals surface area (Å²) in [5, 5.41) is 10.5. The fourth-order valence-corrected chi connectivity index (χ4v) is 5.72. The molecule has 241 valence electrons. The summed E-state index contributed by atoms with van der Waals surface area (Å²) in [5.74, 6) is 1.70. The maximum Gasteiger partial charge on any atom is 0.330 e. The van der Waals surface area contributed by atoms with Crippen LogP contribution in [-0.4, -0.2) is 48.1 Å². The number of rotatable bonds is 9. The van der Waals surface area contributed by atoms with Gasteiger partial charge in [-0.3, -0.25) is 0 Å². The molecule has 0 amide bonds. The van der Waals surface area contributed by atoms with Gasteiger partial charge in [0.05, 0.1) is 16.9 Å². The van der Waals surface area contributed by atoms with Gasteiger partial charge in [0.2, 0.25) is 0 Å². The van der Waals surface area contributed by atoms with E-state index in [1.807, 2.05) is 116 Å². The number of nitrogens with zero attached hydrogens (tertiary/aromatic N) is 5.